The number of carbonyl (C=O) groups is 1. The standard InChI is InChI=1S/C15H11Br3O3/c1-20-12-4-3-11(15(21-2)13(12)18)14(19)8-5-9(16)7-10(17)6-8/h3-7H,1-2H3. The summed E-state index contributed by atoms with van der Waals surface area (Å²) < 4.78 is 12.8. The lowest BCUT2D eigenvalue weighted by Crippen LogP contribution is -2.05. The van der Waals surface area contributed by atoms with E-state index in [0.717, 1.165) is 8.95 Å². The first-order valence-electron chi connectivity index (χ1n) is 5.89. The van der Waals surface area contributed by atoms with E-state index in [1.54, 1.807) is 31.4 Å². The first kappa shape index (κ1) is 16.5. The van der Waals surface area contributed by atoms with E-state index in [0.29, 0.717) is 27.1 Å². The minimum absolute atomic E-state index is 0.128. The van der Waals surface area contributed by atoms with Crippen molar-refractivity contribution in [1.29, 1.82) is 0 Å². The van der Waals surface area contributed by atoms with Gasteiger partial charge in [-0.2, -0.15) is 0 Å². The van der Waals surface area contributed by atoms with Crippen LogP contribution in [0.15, 0.2) is 43.7 Å². The lowest BCUT2D eigenvalue weighted by molar-refractivity contribution is 0.103. The first-order valence-corrected chi connectivity index (χ1v) is 8.27. The number of hydrogen-bond donors (Lipinski definition) is 0. The van der Waals surface area contributed by atoms with Crippen LogP contribution in [0, 0.1) is 0 Å². The number of methoxy groups -OCH3 is 2. The molecule has 0 unspecified atom stereocenters. The molecule has 0 bridgehead atoms. The van der Waals surface area contributed by atoms with Crippen LogP contribution in [-0.2, 0) is 0 Å². The fourth-order valence-corrected chi connectivity index (χ4v) is 3.88. The molecule has 0 N–H and O–H groups in total. The predicted octanol–water partition coefficient (Wildman–Crippen LogP) is 5.22. The van der Waals surface area contributed by atoms with Crippen molar-refractivity contribution in [1.82, 2.24) is 0 Å². The van der Waals surface area contributed by atoms with Crippen molar-refractivity contribution in [3.63, 3.8) is 0 Å². The quantitative estimate of drug-likeness (QED) is 0.565. The molecule has 0 saturated heterocycles. The fourth-order valence-electron chi connectivity index (χ4n) is 1.91. The Morgan fingerprint density at radius 1 is 0.952 bits per heavy atom. The maximum absolute atomic E-state index is 12.7. The molecule has 0 radical (unpaired) electrons. The van der Waals surface area contributed by atoms with Gasteiger partial charge in [0.2, 0.25) is 0 Å². The van der Waals surface area contributed by atoms with Gasteiger partial charge in [0.05, 0.1) is 19.8 Å². The van der Waals surface area contributed by atoms with Crippen LogP contribution < -0.4 is 9.47 Å². The zero-order chi connectivity index (χ0) is 15.6. The van der Waals surface area contributed by atoms with Gasteiger partial charge < -0.3 is 9.47 Å². The van der Waals surface area contributed by atoms with Gasteiger partial charge in [-0.3, -0.25) is 4.79 Å². The molecule has 110 valence electrons. The molecule has 0 saturated carbocycles. The number of ether oxygens (including phenoxy) is 2. The van der Waals surface area contributed by atoms with Crippen molar-refractivity contribution in [2.45, 2.75) is 0 Å². The highest BCUT2D eigenvalue weighted by Crippen LogP contribution is 2.38. The van der Waals surface area contributed by atoms with Gasteiger partial charge in [-0.05, 0) is 46.3 Å². The van der Waals surface area contributed by atoms with Crippen LogP contribution in [-0.4, -0.2) is 20.0 Å². The molecular weight excluding hydrogens is 468 g/mol. The SMILES string of the molecule is COc1ccc(C(=O)c2cc(Br)cc(Br)c2)c(OC)c1Br. The molecule has 2 aromatic carbocycles. The fraction of sp³-hybridized carbons (Fsp3) is 0.133. The number of rotatable bonds is 4. The zero-order valence-corrected chi connectivity index (χ0v) is 16.0. The van der Waals surface area contributed by atoms with Gasteiger partial charge in [-0.25, -0.2) is 0 Å². The smallest absolute Gasteiger partial charge is 0.196 e. The summed E-state index contributed by atoms with van der Waals surface area (Å²) in [6.07, 6.45) is 0. The molecular formula is C15H11Br3O3. The van der Waals surface area contributed by atoms with Crippen LogP contribution in [0.5, 0.6) is 11.5 Å². The van der Waals surface area contributed by atoms with E-state index in [1.807, 2.05) is 6.07 Å². The summed E-state index contributed by atoms with van der Waals surface area (Å²) in [5.41, 5.74) is 1.03. The van der Waals surface area contributed by atoms with Crippen LogP contribution in [0.2, 0.25) is 0 Å². The number of carbonyl (C=O) groups excluding carboxylic acids is 1. The van der Waals surface area contributed by atoms with Gasteiger partial charge in [0.25, 0.3) is 0 Å². The third-order valence-corrected chi connectivity index (χ3v) is 4.52. The first-order chi connectivity index (χ1) is 9.97. The molecule has 0 atom stereocenters. The Balaban J connectivity index is 2.55. The predicted molar refractivity (Wildman–Crippen MR) is 92.5 cm³/mol. The van der Waals surface area contributed by atoms with Crippen molar-refractivity contribution in [3.8, 4) is 11.5 Å². The number of hydrogen-bond acceptors (Lipinski definition) is 3. The lowest BCUT2D eigenvalue weighted by Gasteiger charge is -2.13. The maximum Gasteiger partial charge on any atom is 0.196 e. The summed E-state index contributed by atoms with van der Waals surface area (Å²) in [6.45, 7) is 0. The van der Waals surface area contributed by atoms with E-state index in [9.17, 15) is 4.79 Å². The normalized spacial score (nSPS) is 10.3. The largest absolute Gasteiger partial charge is 0.495 e. The highest BCUT2D eigenvalue weighted by atomic mass is 79.9. The van der Waals surface area contributed by atoms with E-state index < -0.39 is 0 Å². The molecule has 0 heterocycles. The second-order valence-corrected chi connectivity index (χ2v) is 6.77. The van der Waals surface area contributed by atoms with Crippen LogP contribution in [0.3, 0.4) is 0 Å². The van der Waals surface area contributed by atoms with Crippen molar-refractivity contribution >= 4 is 53.6 Å². The minimum atomic E-state index is -0.128. The van der Waals surface area contributed by atoms with E-state index >= 15 is 0 Å². The summed E-state index contributed by atoms with van der Waals surface area (Å²) in [5.74, 6) is 0.937. The number of ketones is 1. The Kier molecular flexibility index (Phi) is 5.46. The zero-order valence-electron chi connectivity index (χ0n) is 11.2. The summed E-state index contributed by atoms with van der Waals surface area (Å²) in [6, 6.07) is 8.83. The topological polar surface area (TPSA) is 35.5 Å². The Morgan fingerprint density at radius 2 is 1.57 bits per heavy atom. The molecule has 0 aliphatic carbocycles. The molecule has 2 aromatic rings. The third-order valence-electron chi connectivity index (χ3n) is 2.86. The van der Waals surface area contributed by atoms with Crippen LogP contribution in [0.25, 0.3) is 0 Å². The van der Waals surface area contributed by atoms with E-state index in [4.69, 9.17) is 9.47 Å². The molecule has 0 spiro atoms. The van der Waals surface area contributed by atoms with Crippen molar-refractivity contribution in [2.75, 3.05) is 14.2 Å². The second-order valence-electron chi connectivity index (χ2n) is 4.15. The molecule has 3 nitrogen and oxygen atoms in total. The molecule has 2 rings (SSSR count). The van der Waals surface area contributed by atoms with Gasteiger partial charge in [-0.15, -0.1) is 0 Å². The third kappa shape index (κ3) is 3.49. The van der Waals surface area contributed by atoms with Crippen LogP contribution in [0.4, 0.5) is 0 Å². The Labute approximate surface area is 148 Å². The summed E-state index contributed by atoms with van der Waals surface area (Å²) in [7, 11) is 3.08. The van der Waals surface area contributed by atoms with Gasteiger partial charge >= 0.3 is 0 Å². The van der Waals surface area contributed by atoms with Gasteiger partial charge in [0, 0.05) is 14.5 Å². The molecule has 21 heavy (non-hydrogen) atoms. The van der Waals surface area contributed by atoms with E-state index in [-0.39, 0.29) is 5.78 Å². The van der Waals surface area contributed by atoms with E-state index in [2.05, 4.69) is 47.8 Å². The van der Waals surface area contributed by atoms with Gasteiger partial charge in [-0.1, -0.05) is 31.9 Å². The van der Waals surface area contributed by atoms with Gasteiger partial charge in [0.15, 0.2) is 5.78 Å². The molecule has 0 aliphatic heterocycles. The summed E-state index contributed by atoms with van der Waals surface area (Å²) in [5, 5.41) is 0. The molecule has 6 heteroatoms. The summed E-state index contributed by atoms with van der Waals surface area (Å²) >= 11 is 10.2. The Morgan fingerprint density at radius 3 is 2.10 bits per heavy atom. The Hall–Kier alpha value is -0.850. The highest BCUT2D eigenvalue weighted by Gasteiger charge is 2.20. The summed E-state index contributed by atoms with van der Waals surface area (Å²) in [4.78, 5) is 12.7. The molecule has 0 aliphatic rings. The number of benzene rings is 2. The molecule has 0 aromatic heterocycles. The monoisotopic (exact) mass is 476 g/mol. The average molecular weight is 479 g/mol. The van der Waals surface area contributed by atoms with Crippen LogP contribution in [0.1, 0.15) is 15.9 Å². The Bertz CT molecular complexity index is 679. The maximum atomic E-state index is 12.7. The minimum Gasteiger partial charge on any atom is -0.495 e. The molecule has 0 amide bonds. The van der Waals surface area contributed by atoms with Crippen molar-refractivity contribution < 1.29 is 14.3 Å². The molecule has 0 fully saturated rings. The van der Waals surface area contributed by atoms with Crippen molar-refractivity contribution in [2.24, 2.45) is 0 Å². The van der Waals surface area contributed by atoms with Crippen LogP contribution >= 0.6 is 47.8 Å². The number of halogens is 3. The van der Waals surface area contributed by atoms with E-state index in [1.165, 1.54) is 7.11 Å². The van der Waals surface area contributed by atoms with Crippen molar-refractivity contribution in [3.05, 3.63) is 54.9 Å². The average Bonchev–Trinajstić information content (AvgIpc) is 2.45. The second kappa shape index (κ2) is 6.94. The lowest BCUT2D eigenvalue weighted by atomic mass is 10.0. The highest BCUT2D eigenvalue weighted by molar-refractivity contribution is 9.11. The van der Waals surface area contributed by atoms with Gasteiger partial charge in [0.1, 0.15) is 16.0 Å².